The fourth-order valence-electron chi connectivity index (χ4n) is 1.28. The summed E-state index contributed by atoms with van der Waals surface area (Å²) < 4.78 is 0. The first kappa shape index (κ1) is 13.5. The summed E-state index contributed by atoms with van der Waals surface area (Å²) in [6, 6.07) is 4.08. The summed E-state index contributed by atoms with van der Waals surface area (Å²) in [6.07, 6.45) is 5.01. The van der Waals surface area contributed by atoms with Crippen LogP contribution in [0.5, 0.6) is 0 Å². The minimum Gasteiger partial charge on any atom is -0.312 e. The summed E-state index contributed by atoms with van der Waals surface area (Å²) in [5.74, 6) is 3.33. The van der Waals surface area contributed by atoms with Crippen LogP contribution in [-0.2, 0) is 6.54 Å². The van der Waals surface area contributed by atoms with Gasteiger partial charge >= 0.3 is 0 Å². The van der Waals surface area contributed by atoms with Crippen LogP contribution >= 0.6 is 11.8 Å². The van der Waals surface area contributed by atoms with Crippen molar-refractivity contribution in [2.75, 3.05) is 18.1 Å². The second kappa shape index (κ2) is 8.59. The van der Waals surface area contributed by atoms with Gasteiger partial charge in [0, 0.05) is 31.2 Å². The Hall–Kier alpha value is -0.540. The van der Waals surface area contributed by atoms with Crippen LogP contribution in [0.4, 0.5) is 0 Å². The van der Waals surface area contributed by atoms with E-state index in [-0.39, 0.29) is 0 Å². The zero-order valence-corrected chi connectivity index (χ0v) is 11.1. The van der Waals surface area contributed by atoms with Gasteiger partial charge in [0.2, 0.25) is 0 Å². The van der Waals surface area contributed by atoms with E-state index >= 15 is 0 Å². The predicted octanol–water partition coefficient (Wildman–Crippen LogP) is 2.95. The Labute approximate surface area is 103 Å². The van der Waals surface area contributed by atoms with Crippen molar-refractivity contribution in [1.29, 1.82) is 0 Å². The lowest BCUT2D eigenvalue weighted by molar-refractivity contribution is 0.636. The molecule has 0 spiro atoms. The monoisotopic (exact) mass is 238 g/mol. The van der Waals surface area contributed by atoms with Gasteiger partial charge in [-0.05, 0) is 23.3 Å². The van der Waals surface area contributed by atoms with Crippen molar-refractivity contribution in [2.24, 2.45) is 5.92 Å². The molecule has 1 atom stereocenters. The first-order valence-electron chi connectivity index (χ1n) is 6.00. The van der Waals surface area contributed by atoms with Crippen molar-refractivity contribution < 1.29 is 0 Å². The van der Waals surface area contributed by atoms with Gasteiger partial charge in [0.15, 0.2) is 0 Å². The van der Waals surface area contributed by atoms with Crippen molar-refractivity contribution in [3.63, 3.8) is 0 Å². The average molecular weight is 238 g/mol. The van der Waals surface area contributed by atoms with E-state index in [0.717, 1.165) is 19.0 Å². The van der Waals surface area contributed by atoms with E-state index in [1.165, 1.54) is 23.5 Å². The molecule has 1 unspecified atom stereocenters. The number of hydrogen-bond acceptors (Lipinski definition) is 3. The minimum absolute atomic E-state index is 0.850. The molecule has 0 radical (unpaired) electrons. The lowest BCUT2D eigenvalue weighted by atomic mass is 10.2. The van der Waals surface area contributed by atoms with Gasteiger partial charge in [0.25, 0.3) is 0 Å². The average Bonchev–Trinajstić information content (AvgIpc) is 2.34. The molecule has 2 nitrogen and oxygen atoms in total. The smallest absolute Gasteiger partial charge is 0.0312 e. The maximum atomic E-state index is 4.09. The Bertz CT molecular complexity index is 264. The Balaban J connectivity index is 1.96. The summed E-state index contributed by atoms with van der Waals surface area (Å²) in [5, 5.41) is 3.43. The van der Waals surface area contributed by atoms with E-state index < -0.39 is 0 Å². The van der Waals surface area contributed by atoms with Gasteiger partial charge in [0.05, 0.1) is 0 Å². The molecule has 1 heterocycles. The van der Waals surface area contributed by atoms with Crippen LogP contribution in [-0.4, -0.2) is 23.0 Å². The number of hydrogen-bond donors (Lipinski definition) is 1. The molecule has 3 heteroatoms. The molecule has 0 aliphatic carbocycles. The number of thioether (sulfide) groups is 1. The van der Waals surface area contributed by atoms with Crippen LogP contribution in [0.3, 0.4) is 0 Å². The van der Waals surface area contributed by atoms with Crippen molar-refractivity contribution in [3.8, 4) is 0 Å². The van der Waals surface area contributed by atoms with Crippen LogP contribution in [0, 0.1) is 5.92 Å². The number of nitrogens with one attached hydrogen (secondary N) is 1. The SMILES string of the molecule is CCC(C)CSCCNCc1cccnc1. The minimum atomic E-state index is 0.850. The molecular formula is C13H22N2S. The maximum absolute atomic E-state index is 4.09. The van der Waals surface area contributed by atoms with Gasteiger partial charge in [-0.25, -0.2) is 0 Å². The number of pyridine rings is 1. The van der Waals surface area contributed by atoms with Gasteiger partial charge in [0.1, 0.15) is 0 Å². The summed E-state index contributed by atoms with van der Waals surface area (Å²) >= 11 is 2.04. The molecule has 1 aromatic heterocycles. The van der Waals surface area contributed by atoms with Gasteiger partial charge in [-0.2, -0.15) is 11.8 Å². The van der Waals surface area contributed by atoms with Crippen LogP contribution < -0.4 is 5.32 Å². The molecule has 1 N–H and O–H groups in total. The highest BCUT2D eigenvalue weighted by atomic mass is 32.2. The highest BCUT2D eigenvalue weighted by Gasteiger charge is 1.98. The first-order valence-corrected chi connectivity index (χ1v) is 7.15. The normalized spacial score (nSPS) is 12.6. The van der Waals surface area contributed by atoms with Crippen molar-refractivity contribution in [1.82, 2.24) is 10.3 Å². The molecule has 0 fully saturated rings. The van der Waals surface area contributed by atoms with Crippen LogP contribution in [0.2, 0.25) is 0 Å². The van der Waals surface area contributed by atoms with Crippen molar-refractivity contribution >= 4 is 11.8 Å². The third-order valence-corrected chi connectivity index (χ3v) is 3.87. The van der Waals surface area contributed by atoms with Gasteiger partial charge in [-0.15, -0.1) is 0 Å². The summed E-state index contributed by atoms with van der Waals surface area (Å²) in [6.45, 7) is 6.58. The number of rotatable bonds is 8. The van der Waals surface area contributed by atoms with Crippen LogP contribution in [0.1, 0.15) is 25.8 Å². The van der Waals surface area contributed by atoms with E-state index in [1.54, 1.807) is 0 Å². The van der Waals surface area contributed by atoms with E-state index in [0.29, 0.717) is 0 Å². The van der Waals surface area contributed by atoms with Crippen molar-refractivity contribution in [2.45, 2.75) is 26.8 Å². The molecule has 0 bridgehead atoms. The topological polar surface area (TPSA) is 24.9 Å². The third kappa shape index (κ3) is 6.13. The predicted molar refractivity (Wildman–Crippen MR) is 72.7 cm³/mol. The number of nitrogens with zero attached hydrogens (tertiary/aromatic N) is 1. The standard InChI is InChI=1S/C13H22N2S/c1-3-12(2)11-16-8-7-15-10-13-5-4-6-14-9-13/h4-6,9,12,15H,3,7-8,10-11H2,1-2H3. The second-order valence-corrected chi connectivity index (χ2v) is 5.28. The molecule has 1 rings (SSSR count). The molecule has 90 valence electrons. The van der Waals surface area contributed by atoms with Gasteiger partial charge < -0.3 is 5.32 Å². The van der Waals surface area contributed by atoms with Gasteiger partial charge in [-0.3, -0.25) is 4.98 Å². The highest BCUT2D eigenvalue weighted by Crippen LogP contribution is 2.10. The molecule has 0 aromatic carbocycles. The third-order valence-electron chi connectivity index (χ3n) is 2.57. The highest BCUT2D eigenvalue weighted by molar-refractivity contribution is 7.99. The molecule has 0 aliphatic heterocycles. The van der Waals surface area contributed by atoms with E-state index in [1.807, 2.05) is 30.2 Å². The lowest BCUT2D eigenvalue weighted by Crippen LogP contribution is -2.17. The summed E-state index contributed by atoms with van der Waals surface area (Å²) in [5.41, 5.74) is 1.26. The van der Waals surface area contributed by atoms with E-state index in [4.69, 9.17) is 0 Å². The maximum Gasteiger partial charge on any atom is 0.0312 e. The molecule has 0 aliphatic rings. The summed E-state index contributed by atoms with van der Waals surface area (Å²) in [7, 11) is 0. The van der Waals surface area contributed by atoms with Crippen LogP contribution in [0.15, 0.2) is 24.5 Å². The zero-order chi connectivity index (χ0) is 11.6. The van der Waals surface area contributed by atoms with Crippen LogP contribution in [0.25, 0.3) is 0 Å². The molecular weight excluding hydrogens is 216 g/mol. The van der Waals surface area contributed by atoms with E-state index in [9.17, 15) is 0 Å². The summed E-state index contributed by atoms with van der Waals surface area (Å²) in [4.78, 5) is 4.09. The number of aromatic nitrogens is 1. The lowest BCUT2D eigenvalue weighted by Gasteiger charge is -2.08. The Morgan fingerprint density at radius 2 is 2.38 bits per heavy atom. The molecule has 0 amide bonds. The molecule has 0 saturated heterocycles. The van der Waals surface area contributed by atoms with Gasteiger partial charge in [-0.1, -0.05) is 26.3 Å². The molecule has 0 saturated carbocycles. The molecule has 1 aromatic rings. The van der Waals surface area contributed by atoms with E-state index in [2.05, 4.69) is 30.2 Å². The zero-order valence-electron chi connectivity index (χ0n) is 10.3. The largest absolute Gasteiger partial charge is 0.312 e. The fourth-order valence-corrected chi connectivity index (χ4v) is 2.38. The van der Waals surface area contributed by atoms with Crippen molar-refractivity contribution in [3.05, 3.63) is 30.1 Å². The fraction of sp³-hybridized carbons (Fsp3) is 0.615. The Morgan fingerprint density at radius 3 is 3.06 bits per heavy atom. The Morgan fingerprint density at radius 1 is 1.50 bits per heavy atom. The first-order chi connectivity index (χ1) is 7.83. The quantitative estimate of drug-likeness (QED) is 0.705. The Kier molecular flexibility index (Phi) is 7.26. The molecule has 16 heavy (non-hydrogen) atoms. The second-order valence-electron chi connectivity index (χ2n) is 4.13.